The first-order valence-corrected chi connectivity index (χ1v) is 9.16. The van der Waals surface area contributed by atoms with Crippen LogP contribution in [-0.4, -0.2) is 57.9 Å². The van der Waals surface area contributed by atoms with Gasteiger partial charge in [-0.25, -0.2) is 4.79 Å². The van der Waals surface area contributed by atoms with Crippen LogP contribution in [0.1, 0.15) is 15.9 Å². The lowest BCUT2D eigenvalue weighted by Gasteiger charge is -2.30. The summed E-state index contributed by atoms with van der Waals surface area (Å²) >= 11 is 0. The molecule has 2 aromatic carbocycles. The number of amides is 1. The predicted octanol–water partition coefficient (Wildman–Crippen LogP) is 2.64. The van der Waals surface area contributed by atoms with Crippen molar-refractivity contribution in [3.05, 3.63) is 59.7 Å². The molecule has 8 heteroatoms. The summed E-state index contributed by atoms with van der Waals surface area (Å²) in [6.45, 7) is 2.59. The van der Waals surface area contributed by atoms with Gasteiger partial charge < -0.3 is 19.2 Å². The molecule has 8 nitrogen and oxygen atoms in total. The Balaban J connectivity index is 1.49. The van der Waals surface area contributed by atoms with Crippen LogP contribution >= 0.6 is 0 Å². The van der Waals surface area contributed by atoms with E-state index in [0.29, 0.717) is 29.5 Å². The summed E-state index contributed by atoms with van der Waals surface area (Å²) in [6, 6.07) is 14.6. The van der Waals surface area contributed by atoms with Gasteiger partial charge in [0.05, 0.1) is 13.2 Å². The Bertz CT molecular complexity index is 1030. The maximum atomic E-state index is 12.7. The van der Waals surface area contributed by atoms with E-state index >= 15 is 0 Å². The van der Waals surface area contributed by atoms with Crippen LogP contribution in [0.5, 0.6) is 0 Å². The van der Waals surface area contributed by atoms with E-state index in [1.54, 1.807) is 24.3 Å². The molecule has 1 N–H and O–H groups in total. The van der Waals surface area contributed by atoms with Gasteiger partial charge in [0, 0.05) is 23.2 Å². The molecule has 1 aliphatic heterocycles. The summed E-state index contributed by atoms with van der Waals surface area (Å²) in [4.78, 5) is 25.2. The van der Waals surface area contributed by atoms with Crippen LogP contribution in [0.2, 0.25) is 0 Å². The molecule has 1 saturated heterocycles. The molecular weight excluding hydrogens is 374 g/mol. The lowest BCUT2D eigenvalue weighted by atomic mass is 10.1. The minimum atomic E-state index is -1.07. The van der Waals surface area contributed by atoms with E-state index in [-0.39, 0.29) is 19.1 Å². The molecule has 3 aromatic rings. The van der Waals surface area contributed by atoms with Gasteiger partial charge >= 0.3 is 5.97 Å². The fraction of sp³-hybridized carbons (Fsp3) is 0.238. The van der Waals surface area contributed by atoms with Crippen molar-refractivity contribution in [2.24, 2.45) is 0 Å². The van der Waals surface area contributed by atoms with E-state index < -0.39 is 12.1 Å². The maximum Gasteiger partial charge on any atom is 0.334 e. The Labute approximate surface area is 166 Å². The molecule has 1 fully saturated rings. The summed E-state index contributed by atoms with van der Waals surface area (Å²) in [7, 11) is 0. The van der Waals surface area contributed by atoms with E-state index in [4.69, 9.17) is 14.3 Å². The number of nitrogens with zero attached hydrogens (tertiary/aromatic N) is 3. The number of hydrogen-bond donors (Lipinski definition) is 1. The van der Waals surface area contributed by atoms with Gasteiger partial charge in [0.2, 0.25) is 11.8 Å². The number of carboxylic acids is 1. The van der Waals surface area contributed by atoms with Crippen LogP contribution in [0.4, 0.5) is 0 Å². The number of aryl methyl sites for hydroxylation is 1. The molecule has 0 bridgehead atoms. The fourth-order valence-electron chi connectivity index (χ4n) is 3.07. The molecule has 0 radical (unpaired) electrons. The number of carbonyl (C=O) groups excluding carboxylic acids is 1. The standard InChI is InChI=1S/C21H19N3O5/c1-13-2-4-14(5-3-13)18-22-23-19(29-18)15-6-8-16(9-7-15)20(25)24-10-11-28-17(12-24)21(26)27/h2-9,17H,10-12H2,1H3,(H,26,27). The number of carbonyl (C=O) groups is 2. The highest BCUT2D eigenvalue weighted by Crippen LogP contribution is 2.24. The van der Waals surface area contributed by atoms with Crippen molar-refractivity contribution >= 4 is 11.9 Å². The summed E-state index contributed by atoms with van der Waals surface area (Å²) in [5.74, 6) is -0.527. The first-order valence-electron chi connectivity index (χ1n) is 9.16. The maximum absolute atomic E-state index is 12.7. The molecule has 0 saturated carbocycles. The molecule has 0 aliphatic carbocycles. The van der Waals surface area contributed by atoms with E-state index in [9.17, 15) is 9.59 Å². The fourth-order valence-corrected chi connectivity index (χ4v) is 3.07. The average molecular weight is 393 g/mol. The molecule has 1 atom stereocenters. The van der Waals surface area contributed by atoms with Crippen molar-refractivity contribution in [1.29, 1.82) is 0 Å². The number of aliphatic carboxylic acids is 1. The van der Waals surface area contributed by atoms with Crippen molar-refractivity contribution in [3.8, 4) is 22.9 Å². The Morgan fingerprint density at radius 1 is 1.00 bits per heavy atom. The van der Waals surface area contributed by atoms with Crippen LogP contribution in [0.3, 0.4) is 0 Å². The molecule has 4 rings (SSSR count). The van der Waals surface area contributed by atoms with E-state index in [1.165, 1.54) is 4.90 Å². The molecule has 148 valence electrons. The Kier molecular flexibility index (Phi) is 5.09. The van der Waals surface area contributed by atoms with Gasteiger partial charge in [0.1, 0.15) is 0 Å². The molecule has 2 heterocycles. The van der Waals surface area contributed by atoms with E-state index in [2.05, 4.69) is 10.2 Å². The number of benzene rings is 2. The van der Waals surface area contributed by atoms with Gasteiger partial charge in [-0.05, 0) is 43.3 Å². The van der Waals surface area contributed by atoms with E-state index in [0.717, 1.165) is 11.1 Å². The van der Waals surface area contributed by atoms with E-state index in [1.807, 2.05) is 31.2 Å². The number of carboxylic acid groups (broad SMARTS) is 1. The first-order chi connectivity index (χ1) is 14.0. The second-order valence-electron chi connectivity index (χ2n) is 6.80. The highest BCUT2D eigenvalue weighted by Gasteiger charge is 2.29. The van der Waals surface area contributed by atoms with Gasteiger partial charge in [-0.1, -0.05) is 17.7 Å². The largest absolute Gasteiger partial charge is 0.479 e. The molecule has 1 unspecified atom stereocenters. The van der Waals surface area contributed by atoms with Crippen LogP contribution in [0, 0.1) is 6.92 Å². The van der Waals surface area contributed by atoms with Crippen molar-refractivity contribution < 1.29 is 23.8 Å². The zero-order valence-corrected chi connectivity index (χ0v) is 15.7. The quantitative estimate of drug-likeness (QED) is 0.726. The van der Waals surface area contributed by atoms with Crippen molar-refractivity contribution in [3.63, 3.8) is 0 Å². The topological polar surface area (TPSA) is 106 Å². The highest BCUT2D eigenvalue weighted by molar-refractivity contribution is 5.95. The van der Waals surface area contributed by atoms with Gasteiger partial charge in [0.15, 0.2) is 6.10 Å². The molecule has 1 aliphatic rings. The minimum absolute atomic E-state index is 0.0273. The summed E-state index contributed by atoms with van der Waals surface area (Å²) in [5, 5.41) is 17.3. The van der Waals surface area contributed by atoms with Crippen LogP contribution in [-0.2, 0) is 9.53 Å². The Morgan fingerprint density at radius 2 is 1.59 bits per heavy atom. The number of aromatic nitrogens is 2. The second kappa shape index (κ2) is 7.84. The van der Waals surface area contributed by atoms with Gasteiger partial charge in [-0.2, -0.15) is 0 Å². The minimum Gasteiger partial charge on any atom is -0.479 e. The number of rotatable bonds is 4. The van der Waals surface area contributed by atoms with Gasteiger partial charge in [-0.15, -0.1) is 10.2 Å². The number of hydrogen-bond acceptors (Lipinski definition) is 6. The van der Waals surface area contributed by atoms with Crippen LogP contribution < -0.4 is 0 Å². The van der Waals surface area contributed by atoms with Gasteiger partial charge in [-0.3, -0.25) is 4.79 Å². The zero-order valence-electron chi connectivity index (χ0n) is 15.7. The lowest BCUT2D eigenvalue weighted by molar-refractivity contribution is -0.154. The summed E-state index contributed by atoms with van der Waals surface area (Å²) < 4.78 is 10.9. The number of morpholine rings is 1. The Hall–Kier alpha value is -3.52. The monoisotopic (exact) mass is 393 g/mol. The molecule has 1 amide bonds. The Morgan fingerprint density at radius 3 is 2.17 bits per heavy atom. The van der Waals surface area contributed by atoms with Crippen LogP contribution in [0.25, 0.3) is 22.9 Å². The smallest absolute Gasteiger partial charge is 0.334 e. The number of ether oxygens (including phenoxy) is 1. The second-order valence-corrected chi connectivity index (χ2v) is 6.80. The summed E-state index contributed by atoms with van der Waals surface area (Å²) in [5.41, 5.74) is 3.13. The third kappa shape index (κ3) is 4.02. The lowest BCUT2D eigenvalue weighted by Crippen LogP contribution is -2.48. The third-order valence-corrected chi connectivity index (χ3v) is 4.73. The van der Waals surface area contributed by atoms with Crippen LogP contribution in [0.15, 0.2) is 52.9 Å². The molecule has 0 spiro atoms. The first kappa shape index (κ1) is 18.8. The normalized spacial score (nSPS) is 16.6. The molecule has 29 heavy (non-hydrogen) atoms. The van der Waals surface area contributed by atoms with Gasteiger partial charge in [0.25, 0.3) is 5.91 Å². The predicted molar refractivity (Wildman–Crippen MR) is 103 cm³/mol. The highest BCUT2D eigenvalue weighted by atomic mass is 16.5. The summed E-state index contributed by atoms with van der Waals surface area (Å²) in [6.07, 6.45) is -0.995. The van der Waals surface area contributed by atoms with Crippen molar-refractivity contribution in [2.45, 2.75) is 13.0 Å². The molecule has 1 aromatic heterocycles. The third-order valence-electron chi connectivity index (χ3n) is 4.73. The van der Waals surface area contributed by atoms with Crippen molar-refractivity contribution in [1.82, 2.24) is 15.1 Å². The van der Waals surface area contributed by atoms with Crippen molar-refractivity contribution in [2.75, 3.05) is 19.7 Å². The SMILES string of the molecule is Cc1ccc(-c2nnc(-c3ccc(C(=O)N4CCOC(C(=O)O)C4)cc3)o2)cc1. The molecular formula is C21H19N3O5. The average Bonchev–Trinajstić information content (AvgIpc) is 3.24. The zero-order chi connectivity index (χ0) is 20.4.